The van der Waals surface area contributed by atoms with E-state index < -0.39 is 5.09 Å². The van der Waals surface area contributed by atoms with Gasteiger partial charge in [-0.25, -0.2) is 0 Å². The fourth-order valence-electron chi connectivity index (χ4n) is 0.910. The van der Waals surface area contributed by atoms with Gasteiger partial charge in [-0.3, -0.25) is 9.78 Å². The second-order valence-corrected chi connectivity index (χ2v) is 2.64. The van der Waals surface area contributed by atoms with Crippen LogP contribution >= 0.6 is 0 Å². The van der Waals surface area contributed by atoms with E-state index in [1.165, 1.54) is 6.20 Å². The van der Waals surface area contributed by atoms with Crippen LogP contribution in [0.3, 0.4) is 0 Å². The first-order valence-corrected chi connectivity index (χ1v) is 4.00. The molecule has 3 N–H and O–H groups in total. The summed E-state index contributed by atoms with van der Waals surface area (Å²) in [6.45, 7) is 1.29. The van der Waals surface area contributed by atoms with Crippen molar-refractivity contribution in [1.82, 2.24) is 4.98 Å². The van der Waals surface area contributed by atoms with Gasteiger partial charge in [0.1, 0.15) is 5.75 Å². The number of aldehydes is 1. The molecule has 16 heavy (non-hydrogen) atoms. The Labute approximate surface area is 89.9 Å². The molecule has 0 aliphatic heterocycles. The van der Waals surface area contributed by atoms with Crippen LogP contribution in [0.4, 0.5) is 0 Å². The van der Waals surface area contributed by atoms with E-state index in [4.69, 9.17) is 20.4 Å². The molecule has 0 amide bonds. The molecular weight excluding hydrogens is 220 g/mol. The maximum atomic E-state index is 10.5. The lowest BCUT2D eigenvalue weighted by atomic mass is 10.1. The molecular formula is C8H10N2O6. The number of aromatic hydroxyl groups is 1. The Bertz CT molecular complexity index is 388. The molecule has 0 aromatic carbocycles. The Morgan fingerprint density at radius 1 is 1.62 bits per heavy atom. The number of rotatable bonds is 2. The molecule has 0 aliphatic carbocycles. The molecule has 0 bridgehead atoms. The van der Waals surface area contributed by atoms with Gasteiger partial charge in [-0.1, -0.05) is 0 Å². The summed E-state index contributed by atoms with van der Waals surface area (Å²) in [5.74, 6) is -0.156. The van der Waals surface area contributed by atoms with Gasteiger partial charge in [-0.05, 0) is 6.92 Å². The van der Waals surface area contributed by atoms with Gasteiger partial charge in [-0.2, -0.15) is 0 Å². The largest absolute Gasteiger partial charge is 0.505 e. The third-order valence-corrected chi connectivity index (χ3v) is 1.65. The van der Waals surface area contributed by atoms with E-state index in [0.29, 0.717) is 17.5 Å². The number of nitrogens with zero attached hydrogens (tertiary/aromatic N) is 2. The first-order valence-electron chi connectivity index (χ1n) is 4.00. The van der Waals surface area contributed by atoms with Crippen molar-refractivity contribution in [3.63, 3.8) is 0 Å². The molecule has 0 radical (unpaired) electrons. The van der Waals surface area contributed by atoms with E-state index in [9.17, 15) is 9.90 Å². The third kappa shape index (κ3) is 3.88. The van der Waals surface area contributed by atoms with Crippen LogP contribution in [0.25, 0.3) is 0 Å². The number of carbonyl (C=O) groups excluding carboxylic acids is 1. The minimum absolute atomic E-state index is 0.116. The van der Waals surface area contributed by atoms with E-state index >= 15 is 0 Å². The van der Waals surface area contributed by atoms with Gasteiger partial charge in [0.05, 0.1) is 17.9 Å². The zero-order valence-electron chi connectivity index (χ0n) is 8.32. The topological polar surface area (TPSA) is 134 Å². The highest BCUT2D eigenvalue weighted by Crippen LogP contribution is 2.21. The van der Waals surface area contributed by atoms with E-state index in [0.717, 1.165) is 0 Å². The molecule has 88 valence electrons. The fraction of sp³-hybridized carbons (Fsp3) is 0.250. The van der Waals surface area contributed by atoms with Crippen LogP contribution in [-0.4, -0.2) is 31.8 Å². The molecule has 0 unspecified atom stereocenters. The average Bonchev–Trinajstić information content (AvgIpc) is 2.21. The molecule has 1 aromatic heterocycles. The van der Waals surface area contributed by atoms with Crippen LogP contribution in [0.5, 0.6) is 5.75 Å². The van der Waals surface area contributed by atoms with Crippen molar-refractivity contribution in [3.05, 3.63) is 33.1 Å². The minimum atomic E-state index is -1.50. The van der Waals surface area contributed by atoms with Crippen molar-refractivity contribution in [2.24, 2.45) is 0 Å². The summed E-state index contributed by atoms with van der Waals surface area (Å²) in [4.78, 5) is 22.6. The van der Waals surface area contributed by atoms with Crippen molar-refractivity contribution < 1.29 is 25.3 Å². The lowest BCUT2D eigenvalue weighted by Gasteiger charge is -2.04. The highest BCUT2D eigenvalue weighted by atomic mass is 16.9. The Kier molecular flexibility index (Phi) is 5.42. The van der Waals surface area contributed by atoms with Crippen molar-refractivity contribution in [3.8, 4) is 5.75 Å². The number of pyridine rings is 1. The molecule has 0 saturated carbocycles. The summed E-state index contributed by atoms with van der Waals surface area (Å²) in [7, 11) is 0. The monoisotopic (exact) mass is 230 g/mol. The SMILES string of the molecule is Cc1ncc(CO)c(C=O)c1O.O=[N+]([O-])O. The molecule has 8 heteroatoms. The minimum Gasteiger partial charge on any atom is -0.505 e. The van der Waals surface area contributed by atoms with Crippen molar-refractivity contribution in [1.29, 1.82) is 0 Å². The molecule has 0 atom stereocenters. The van der Waals surface area contributed by atoms with E-state index in [2.05, 4.69) is 4.98 Å². The maximum absolute atomic E-state index is 10.5. The summed E-state index contributed by atoms with van der Waals surface area (Å²) in [5, 5.41) is 31.7. The normalized spacial score (nSPS) is 8.88. The van der Waals surface area contributed by atoms with Crippen LogP contribution in [0.1, 0.15) is 21.6 Å². The van der Waals surface area contributed by atoms with Gasteiger partial charge in [0.15, 0.2) is 6.29 Å². The van der Waals surface area contributed by atoms with Gasteiger partial charge in [0.25, 0.3) is 5.09 Å². The smallest absolute Gasteiger partial charge is 0.291 e. The van der Waals surface area contributed by atoms with Crippen LogP contribution < -0.4 is 0 Å². The Morgan fingerprint density at radius 3 is 2.50 bits per heavy atom. The summed E-state index contributed by atoms with van der Waals surface area (Å²) in [6, 6.07) is 0. The predicted octanol–water partition coefficient (Wildman–Crippen LogP) is 0.0527. The summed E-state index contributed by atoms with van der Waals surface area (Å²) < 4.78 is 0. The van der Waals surface area contributed by atoms with Gasteiger partial charge in [0.2, 0.25) is 0 Å². The van der Waals surface area contributed by atoms with Crippen LogP contribution in [0.2, 0.25) is 0 Å². The number of aliphatic hydroxyl groups excluding tert-OH is 1. The zero-order valence-corrected chi connectivity index (χ0v) is 8.32. The number of carbonyl (C=O) groups is 1. The molecule has 0 aliphatic rings. The zero-order chi connectivity index (χ0) is 12.7. The Balaban J connectivity index is 0.000000487. The number of hydrogen-bond donors (Lipinski definition) is 3. The first-order chi connectivity index (χ1) is 7.43. The van der Waals surface area contributed by atoms with Gasteiger partial charge in [-0.15, -0.1) is 10.1 Å². The lowest BCUT2D eigenvalue weighted by Crippen LogP contribution is -1.96. The maximum Gasteiger partial charge on any atom is 0.291 e. The number of aromatic nitrogens is 1. The van der Waals surface area contributed by atoms with Crippen LogP contribution in [-0.2, 0) is 6.61 Å². The van der Waals surface area contributed by atoms with Crippen molar-refractivity contribution >= 4 is 6.29 Å². The van der Waals surface area contributed by atoms with Crippen LogP contribution in [0, 0.1) is 17.0 Å². The molecule has 1 heterocycles. The third-order valence-electron chi connectivity index (χ3n) is 1.65. The Morgan fingerprint density at radius 2 is 2.12 bits per heavy atom. The van der Waals surface area contributed by atoms with Gasteiger partial charge < -0.3 is 15.4 Å². The predicted molar refractivity (Wildman–Crippen MR) is 50.7 cm³/mol. The lowest BCUT2D eigenvalue weighted by molar-refractivity contribution is -0.742. The molecule has 8 nitrogen and oxygen atoms in total. The van der Waals surface area contributed by atoms with Crippen LogP contribution in [0.15, 0.2) is 6.20 Å². The number of aliphatic hydroxyl groups is 1. The molecule has 0 saturated heterocycles. The average molecular weight is 230 g/mol. The van der Waals surface area contributed by atoms with Crippen molar-refractivity contribution in [2.45, 2.75) is 13.5 Å². The van der Waals surface area contributed by atoms with E-state index in [-0.39, 0.29) is 17.9 Å². The fourth-order valence-corrected chi connectivity index (χ4v) is 0.910. The van der Waals surface area contributed by atoms with E-state index in [1.54, 1.807) is 6.92 Å². The second-order valence-electron chi connectivity index (χ2n) is 2.64. The van der Waals surface area contributed by atoms with Gasteiger partial charge >= 0.3 is 0 Å². The molecule has 1 aromatic rings. The molecule has 0 fully saturated rings. The first kappa shape index (κ1) is 13.8. The molecule has 0 spiro atoms. The molecule has 1 rings (SSSR count). The standard InChI is InChI=1S/C8H9NO3.HNO3/c1-5-8(12)7(4-11)6(3-10)2-9-5;2-1(3)4/h2,4,10,12H,3H2,1H3;(H,2,3,4). The quantitative estimate of drug-likeness (QED) is 0.371. The van der Waals surface area contributed by atoms with Gasteiger partial charge in [0, 0.05) is 11.8 Å². The second kappa shape index (κ2) is 6.30. The highest BCUT2D eigenvalue weighted by Gasteiger charge is 2.09. The number of aryl methyl sites for hydroxylation is 1. The summed E-state index contributed by atoms with van der Waals surface area (Å²) >= 11 is 0. The Hall–Kier alpha value is -2.22. The highest BCUT2D eigenvalue weighted by molar-refractivity contribution is 5.81. The summed E-state index contributed by atoms with van der Waals surface area (Å²) in [5.41, 5.74) is 0.840. The summed E-state index contributed by atoms with van der Waals surface area (Å²) in [6.07, 6.45) is 1.88. The van der Waals surface area contributed by atoms with Crippen molar-refractivity contribution in [2.75, 3.05) is 0 Å². The number of hydrogen-bond acceptors (Lipinski definition) is 6. The van der Waals surface area contributed by atoms with E-state index in [1.807, 2.05) is 0 Å².